The fourth-order valence-electron chi connectivity index (χ4n) is 0.643. The highest BCUT2D eigenvalue weighted by Gasteiger charge is 2.15. The summed E-state index contributed by atoms with van der Waals surface area (Å²) < 4.78 is 25.1. The van der Waals surface area contributed by atoms with Crippen molar-refractivity contribution >= 4 is 21.6 Å². The van der Waals surface area contributed by atoms with Gasteiger partial charge in [-0.05, 0) is 11.8 Å². The molecule has 0 saturated heterocycles. The van der Waals surface area contributed by atoms with Gasteiger partial charge in [-0.2, -0.15) is 0 Å². The number of sulfonamides is 1. The highest BCUT2D eigenvalue weighted by atomic mass is 35.5. The number of halogens is 1. The number of rotatable bonds is 5. The summed E-state index contributed by atoms with van der Waals surface area (Å²) in [4.78, 5) is 0. The average Bonchev–Trinajstić information content (AvgIpc) is 1.97. The second-order valence-electron chi connectivity index (χ2n) is 4.24. The van der Waals surface area contributed by atoms with E-state index in [1.165, 1.54) is 0 Å². The first-order valence-corrected chi connectivity index (χ1v) is 6.49. The van der Waals surface area contributed by atoms with Crippen molar-refractivity contribution in [2.45, 2.75) is 27.2 Å². The van der Waals surface area contributed by atoms with Gasteiger partial charge < -0.3 is 0 Å². The van der Waals surface area contributed by atoms with Crippen LogP contribution in [-0.4, -0.2) is 26.6 Å². The Hall–Kier alpha value is 0.200. The Kier molecular flexibility index (Phi) is 5.25. The van der Waals surface area contributed by atoms with Crippen LogP contribution < -0.4 is 4.72 Å². The second kappa shape index (κ2) is 5.17. The molecule has 0 unspecified atom stereocenters. The molecule has 0 aliphatic carbocycles. The summed E-state index contributed by atoms with van der Waals surface area (Å²) in [5.41, 5.74) is -0.0198. The molecule has 13 heavy (non-hydrogen) atoms. The molecule has 0 heterocycles. The van der Waals surface area contributed by atoms with Gasteiger partial charge in [0.1, 0.15) is 0 Å². The maximum Gasteiger partial charge on any atom is 0.211 e. The molecule has 0 rings (SSSR count). The fraction of sp³-hybridized carbons (Fsp3) is 1.00. The van der Waals surface area contributed by atoms with Crippen molar-refractivity contribution < 1.29 is 8.42 Å². The Bertz CT molecular complexity index is 231. The Morgan fingerprint density at radius 1 is 1.31 bits per heavy atom. The van der Waals surface area contributed by atoms with Gasteiger partial charge in [0.15, 0.2) is 0 Å². The SMILES string of the molecule is CC(C)(C)CNS(=O)(=O)CCCCl. The predicted molar refractivity (Wildman–Crippen MR) is 56.6 cm³/mol. The zero-order valence-electron chi connectivity index (χ0n) is 8.43. The molecule has 0 atom stereocenters. The van der Waals surface area contributed by atoms with Crippen molar-refractivity contribution in [2.75, 3.05) is 18.2 Å². The van der Waals surface area contributed by atoms with Crippen LogP contribution in [0.4, 0.5) is 0 Å². The van der Waals surface area contributed by atoms with Gasteiger partial charge in [0.05, 0.1) is 5.75 Å². The highest BCUT2D eigenvalue weighted by molar-refractivity contribution is 7.89. The third-order valence-corrected chi connectivity index (χ3v) is 3.05. The summed E-state index contributed by atoms with van der Waals surface area (Å²) >= 11 is 5.41. The van der Waals surface area contributed by atoms with Crippen LogP contribution in [0.5, 0.6) is 0 Å². The van der Waals surface area contributed by atoms with Crippen LogP contribution in [0.3, 0.4) is 0 Å². The molecule has 0 aromatic carbocycles. The topological polar surface area (TPSA) is 46.2 Å². The molecule has 0 fully saturated rings. The van der Waals surface area contributed by atoms with E-state index in [4.69, 9.17) is 11.6 Å². The maximum atomic E-state index is 11.3. The molecule has 0 aliphatic rings. The summed E-state index contributed by atoms with van der Waals surface area (Å²) in [6, 6.07) is 0. The van der Waals surface area contributed by atoms with Gasteiger partial charge in [0.25, 0.3) is 0 Å². The van der Waals surface area contributed by atoms with Crippen molar-refractivity contribution in [3.63, 3.8) is 0 Å². The number of nitrogens with one attached hydrogen (secondary N) is 1. The molecule has 0 aromatic rings. The smallest absolute Gasteiger partial charge is 0.211 e. The lowest BCUT2D eigenvalue weighted by molar-refractivity contribution is 0.407. The second-order valence-corrected chi connectivity index (χ2v) is 6.55. The van der Waals surface area contributed by atoms with Crippen molar-refractivity contribution in [1.29, 1.82) is 0 Å². The molecule has 5 heteroatoms. The van der Waals surface area contributed by atoms with Gasteiger partial charge >= 0.3 is 0 Å². The number of hydrogen-bond acceptors (Lipinski definition) is 2. The first kappa shape index (κ1) is 13.2. The third kappa shape index (κ3) is 8.53. The van der Waals surface area contributed by atoms with E-state index in [2.05, 4.69) is 4.72 Å². The molecule has 0 aliphatic heterocycles. The standard InChI is InChI=1S/C8H18ClNO2S/c1-8(2,3)7-10-13(11,12)6-4-5-9/h10H,4-7H2,1-3H3. The Balaban J connectivity index is 3.91. The Morgan fingerprint density at radius 2 is 1.85 bits per heavy atom. The van der Waals surface area contributed by atoms with Crippen LogP contribution in [-0.2, 0) is 10.0 Å². The van der Waals surface area contributed by atoms with E-state index < -0.39 is 10.0 Å². The van der Waals surface area contributed by atoms with E-state index in [9.17, 15) is 8.42 Å². The quantitative estimate of drug-likeness (QED) is 0.725. The Morgan fingerprint density at radius 3 is 2.23 bits per heavy atom. The molecule has 0 spiro atoms. The van der Waals surface area contributed by atoms with Crippen LogP contribution in [0.25, 0.3) is 0 Å². The first-order valence-electron chi connectivity index (χ1n) is 4.30. The van der Waals surface area contributed by atoms with E-state index in [0.717, 1.165) is 0 Å². The van der Waals surface area contributed by atoms with Gasteiger partial charge in [0, 0.05) is 12.4 Å². The zero-order valence-corrected chi connectivity index (χ0v) is 10.0. The van der Waals surface area contributed by atoms with Gasteiger partial charge in [-0.3, -0.25) is 0 Å². The van der Waals surface area contributed by atoms with Gasteiger partial charge in [-0.25, -0.2) is 13.1 Å². The summed E-state index contributed by atoms with van der Waals surface area (Å²) in [6.07, 6.45) is 0.501. The summed E-state index contributed by atoms with van der Waals surface area (Å²) in [5, 5.41) is 0. The Labute approximate surface area is 85.9 Å². The minimum absolute atomic E-state index is 0.0198. The lowest BCUT2D eigenvalue weighted by Crippen LogP contribution is -2.34. The molecule has 80 valence electrons. The van der Waals surface area contributed by atoms with Gasteiger partial charge in [-0.1, -0.05) is 20.8 Å². The molecular formula is C8H18ClNO2S. The minimum Gasteiger partial charge on any atom is -0.215 e. The largest absolute Gasteiger partial charge is 0.215 e. The van der Waals surface area contributed by atoms with Crippen LogP contribution in [0.15, 0.2) is 0 Å². The minimum atomic E-state index is -3.11. The molecule has 0 aromatic heterocycles. The summed E-state index contributed by atoms with van der Waals surface area (Å²) in [6.45, 7) is 6.42. The molecule has 3 nitrogen and oxygen atoms in total. The molecule has 0 saturated carbocycles. The van der Waals surface area contributed by atoms with E-state index >= 15 is 0 Å². The fourth-order valence-corrected chi connectivity index (χ4v) is 2.26. The first-order chi connectivity index (χ1) is 5.77. The molecular weight excluding hydrogens is 210 g/mol. The molecule has 1 N–H and O–H groups in total. The monoisotopic (exact) mass is 227 g/mol. The van der Waals surface area contributed by atoms with E-state index in [0.29, 0.717) is 18.8 Å². The maximum absolute atomic E-state index is 11.3. The van der Waals surface area contributed by atoms with Crippen molar-refractivity contribution in [3.05, 3.63) is 0 Å². The summed E-state index contributed by atoms with van der Waals surface area (Å²) in [5.74, 6) is 0.503. The van der Waals surface area contributed by atoms with Crippen LogP contribution in [0.1, 0.15) is 27.2 Å². The van der Waals surface area contributed by atoms with Gasteiger partial charge in [0.2, 0.25) is 10.0 Å². The van der Waals surface area contributed by atoms with E-state index in [1.54, 1.807) is 0 Å². The lowest BCUT2D eigenvalue weighted by Gasteiger charge is -2.18. The molecule has 0 amide bonds. The van der Waals surface area contributed by atoms with E-state index in [-0.39, 0.29) is 11.2 Å². The van der Waals surface area contributed by atoms with Crippen molar-refractivity contribution in [3.8, 4) is 0 Å². The highest BCUT2D eigenvalue weighted by Crippen LogP contribution is 2.11. The van der Waals surface area contributed by atoms with Crippen molar-refractivity contribution in [2.24, 2.45) is 5.41 Å². The van der Waals surface area contributed by atoms with Crippen LogP contribution in [0, 0.1) is 5.41 Å². The molecule has 0 radical (unpaired) electrons. The number of hydrogen-bond donors (Lipinski definition) is 1. The number of alkyl halides is 1. The molecule has 0 bridgehead atoms. The van der Waals surface area contributed by atoms with Crippen molar-refractivity contribution in [1.82, 2.24) is 4.72 Å². The third-order valence-electron chi connectivity index (χ3n) is 1.37. The normalized spacial score (nSPS) is 13.2. The predicted octanol–water partition coefficient (Wildman–Crippen LogP) is 1.58. The van der Waals surface area contributed by atoms with Crippen LogP contribution in [0.2, 0.25) is 0 Å². The van der Waals surface area contributed by atoms with E-state index in [1.807, 2.05) is 20.8 Å². The zero-order chi connectivity index (χ0) is 10.5. The van der Waals surface area contributed by atoms with Gasteiger partial charge in [-0.15, -0.1) is 11.6 Å². The van der Waals surface area contributed by atoms with Crippen LogP contribution >= 0.6 is 11.6 Å². The summed E-state index contributed by atoms with van der Waals surface area (Å²) in [7, 11) is -3.11. The lowest BCUT2D eigenvalue weighted by atomic mass is 9.98. The average molecular weight is 228 g/mol.